The van der Waals surface area contributed by atoms with Gasteiger partial charge < -0.3 is 52.1 Å². The molecule has 11 nitrogen and oxygen atoms in total. The van der Waals surface area contributed by atoms with Crippen molar-refractivity contribution < 1.29 is 52.1 Å². The van der Waals surface area contributed by atoms with Crippen molar-refractivity contribution in [2.45, 2.75) is 425 Å². The average molecular weight is 1240 g/mol. The number of ether oxygens (including phenoxy) is 11. The lowest BCUT2D eigenvalue weighted by Gasteiger charge is -2.50. The topological polar surface area (TPSA) is 102 Å². The number of hydrogen-bond acceptors (Lipinski definition) is 11. The second kappa shape index (κ2) is 63.0. The molecule has 2 fully saturated rings. The Morgan fingerprint density at radius 3 is 0.736 bits per heavy atom. The first kappa shape index (κ1) is 82.7. The Balaban J connectivity index is 2.82. The third-order valence-corrected chi connectivity index (χ3v) is 18.1. The van der Waals surface area contributed by atoms with Crippen molar-refractivity contribution in [1.29, 1.82) is 0 Å². The van der Waals surface area contributed by atoms with Crippen molar-refractivity contribution in [2.24, 2.45) is 0 Å². The molecule has 2 aliphatic rings. The maximum absolute atomic E-state index is 7.78. The van der Waals surface area contributed by atoms with Crippen LogP contribution in [-0.4, -0.2) is 127 Å². The Labute approximate surface area is 540 Å². The van der Waals surface area contributed by atoms with E-state index in [0.717, 1.165) is 96.3 Å². The molecule has 2 aliphatic heterocycles. The summed E-state index contributed by atoms with van der Waals surface area (Å²) < 4.78 is 79.2. The van der Waals surface area contributed by atoms with Gasteiger partial charge in [0.05, 0.1) is 13.2 Å². The van der Waals surface area contributed by atoms with Crippen LogP contribution in [0.3, 0.4) is 0 Å². The summed E-state index contributed by atoms with van der Waals surface area (Å²) in [5.41, 5.74) is 0. The Bertz CT molecular complexity index is 1360. The maximum Gasteiger partial charge on any atom is 0.187 e. The molecule has 0 unspecified atom stereocenters. The van der Waals surface area contributed by atoms with E-state index in [0.29, 0.717) is 66.1 Å². The zero-order chi connectivity index (χ0) is 62.6. The van der Waals surface area contributed by atoms with Crippen LogP contribution < -0.4 is 0 Å². The van der Waals surface area contributed by atoms with Gasteiger partial charge in [0.1, 0.15) is 48.8 Å². The van der Waals surface area contributed by atoms with Crippen LogP contribution in [0, 0.1) is 0 Å². The SMILES string of the molecule is CCCCCCCCOC[C@H]1O[C@H](O[C@H]2[C@H](OCCCCCCCC)[C@@H](OCCCCCCCC)[C@@H](OCCCCCCCC)O[C@@H]2COCCCCCCCC)[C@H](OCCCCCCCC)[C@@H](OCCCCCCCC)[C@@H]1OCCCCCCCC. The number of unbranched alkanes of at least 4 members (excludes halogenated alkanes) is 40. The van der Waals surface area contributed by atoms with Crippen LogP contribution in [0.1, 0.15) is 364 Å². The van der Waals surface area contributed by atoms with E-state index in [4.69, 9.17) is 52.1 Å². The largest absolute Gasteiger partial charge is 0.379 e. The van der Waals surface area contributed by atoms with Crippen LogP contribution in [-0.2, 0) is 52.1 Å². The van der Waals surface area contributed by atoms with Crippen LogP contribution in [0.25, 0.3) is 0 Å². The molecule has 0 amide bonds. The van der Waals surface area contributed by atoms with E-state index in [2.05, 4.69) is 55.4 Å². The van der Waals surface area contributed by atoms with Crippen molar-refractivity contribution in [1.82, 2.24) is 0 Å². The monoisotopic (exact) mass is 1240 g/mol. The van der Waals surface area contributed by atoms with Crippen LogP contribution in [0.4, 0.5) is 0 Å². The molecule has 87 heavy (non-hydrogen) atoms. The summed E-state index contributed by atoms with van der Waals surface area (Å²) in [6.07, 6.45) is 51.6. The molecule has 0 bridgehead atoms. The van der Waals surface area contributed by atoms with Gasteiger partial charge >= 0.3 is 0 Å². The first-order valence-electron chi connectivity index (χ1n) is 38.9. The Hall–Kier alpha value is -0.440. The Kier molecular flexibility index (Phi) is 59.8. The quantitative estimate of drug-likeness (QED) is 0.0544. The van der Waals surface area contributed by atoms with Crippen LogP contribution >= 0.6 is 0 Å². The standard InChI is InChI=1S/C76H150O11/c1-9-17-25-33-41-49-57-77-65-67-69(79-59-51-43-35-27-19-11-3)71(80-60-52-44-36-28-20-12-4)74(83-63-55-47-39-31-23-15-7)76(86-67)87-70-68(66-78-58-50-42-34-26-18-10-2)85-75(84-64-56-48-40-32-24-16-8)73(82-62-54-46-38-30-22-14-6)72(70)81-61-53-45-37-29-21-13-5/h67-76H,9-66H2,1-8H3/t67-,68-,69-,70-,71+,72+,73-,74-,75+,76-/m1/s1. The van der Waals surface area contributed by atoms with E-state index < -0.39 is 61.4 Å². The number of rotatable bonds is 68. The molecule has 0 aromatic carbocycles. The van der Waals surface area contributed by atoms with Gasteiger partial charge in [-0.1, -0.05) is 312 Å². The highest BCUT2D eigenvalue weighted by atomic mass is 16.8. The molecule has 10 atom stereocenters. The molecule has 0 spiro atoms. The van der Waals surface area contributed by atoms with E-state index >= 15 is 0 Å². The fraction of sp³-hybridized carbons (Fsp3) is 1.00. The lowest BCUT2D eigenvalue weighted by Crippen LogP contribution is -2.66. The summed E-state index contributed by atoms with van der Waals surface area (Å²) in [5, 5.41) is 0. The van der Waals surface area contributed by atoms with Gasteiger partial charge in [-0.05, 0) is 51.4 Å². The zero-order valence-electron chi connectivity index (χ0n) is 59.3. The molecular formula is C76H150O11. The fourth-order valence-electron chi connectivity index (χ4n) is 12.5. The van der Waals surface area contributed by atoms with Crippen LogP contribution in [0.15, 0.2) is 0 Å². The molecule has 0 N–H and O–H groups in total. The van der Waals surface area contributed by atoms with Crippen LogP contribution in [0.2, 0.25) is 0 Å². The van der Waals surface area contributed by atoms with Gasteiger partial charge in [-0.3, -0.25) is 0 Å². The van der Waals surface area contributed by atoms with Gasteiger partial charge in [-0.2, -0.15) is 0 Å². The van der Waals surface area contributed by atoms with Crippen molar-refractivity contribution in [3.63, 3.8) is 0 Å². The minimum Gasteiger partial charge on any atom is -0.379 e. The summed E-state index contributed by atoms with van der Waals surface area (Å²) in [4.78, 5) is 0. The number of hydrogen-bond donors (Lipinski definition) is 0. The molecule has 11 heteroatoms. The molecule has 0 aliphatic carbocycles. The molecule has 520 valence electrons. The van der Waals surface area contributed by atoms with Gasteiger partial charge in [-0.15, -0.1) is 0 Å². The summed E-state index contributed by atoms with van der Waals surface area (Å²) in [5.74, 6) is 0. The third kappa shape index (κ3) is 43.2. The van der Waals surface area contributed by atoms with Gasteiger partial charge in [0.15, 0.2) is 12.6 Å². The highest BCUT2D eigenvalue weighted by molar-refractivity contribution is 4.98. The Morgan fingerprint density at radius 2 is 0.414 bits per heavy atom. The second-order valence-corrected chi connectivity index (χ2v) is 26.5. The molecule has 0 aromatic heterocycles. The molecular weight excluding hydrogens is 1090 g/mol. The summed E-state index contributed by atoms with van der Waals surface area (Å²) in [7, 11) is 0. The summed E-state index contributed by atoms with van der Waals surface area (Å²) in [6, 6.07) is 0. The van der Waals surface area contributed by atoms with Gasteiger partial charge in [0.25, 0.3) is 0 Å². The minimum atomic E-state index is -0.828. The molecule has 2 heterocycles. The molecule has 0 saturated carbocycles. The van der Waals surface area contributed by atoms with Gasteiger partial charge in [-0.25, -0.2) is 0 Å². The molecule has 0 radical (unpaired) electrons. The highest BCUT2D eigenvalue weighted by Crippen LogP contribution is 2.36. The normalized spacial score (nSPS) is 22.5. The van der Waals surface area contributed by atoms with Crippen molar-refractivity contribution in [2.75, 3.05) is 66.1 Å². The smallest absolute Gasteiger partial charge is 0.187 e. The van der Waals surface area contributed by atoms with Crippen molar-refractivity contribution in [3.05, 3.63) is 0 Å². The fourth-order valence-corrected chi connectivity index (χ4v) is 12.5. The summed E-state index contributed by atoms with van der Waals surface area (Å²) in [6.45, 7) is 24.0. The average Bonchev–Trinajstić information content (AvgIpc) is 0.984. The van der Waals surface area contributed by atoms with Gasteiger partial charge in [0, 0.05) is 52.9 Å². The first-order chi connectivity index (χ1) is 43.0. The maximum atomic E-state index is 7.78. The van der Waals surface area contributed by atoms with Crippen molar-refractivity contribution >= 4 is 0 Å². The van der Waals surface area contributed by atoms with Crippen molar-refractivity contribution in [3.8, 4) is 0 Å². The lowest BCUT2D eigenvalue weighted by molar-refractivity contribution is -0.374. The predicted octanol–water partition coefficient (Wildman–Crippen LogP) is 21.7. The molecule has 2 rings (SSSR count). The summed E-state index contributed by atoms with van der Waals surface area (Å²) >= 11 is 0. The van der Waals surface area contributed by atoms with Gasteiger partial charge in [0.2, 0.25) is 0 Å². The highest BCUT2D eigenvalue weighted by Gasteiger charge is 2.54. The molecule has 0 aromatic rings. The minimum absolute atomic E-state index is 0.348. The molecule has 2 saturated heterocycles. The third-order valence-electron chi connectivity index (χ3n) is 18.1. The van der Waals surface area contributed by atoms with E-state index in [1.807, 2.05) is 0 Å². The zero-order valence-corrected chi connectivity index (χ0v) is 59.3. The second-order valence-electron chi connectivity index (χ2n) is 26.5. The van der Waals surface area contributed by atoms with E-state index in [9.17, 15) is 0 Å². The van der Waals surface area contributed by atoms with Crippen LogP contribution in [0.5, 0.6) is 0 Å². The Morgan fingerprint density at radius 1 is 0.195 bits per heavy atom. The lowest BCUT2D eigenvalue weighted by atomic mass is 9.95. The van der Waals surface area contributed by atoms with E-state index in [1.165, 1.54) is 212 Å². The van der Waals surface area contributed by atoms with E-state index in [1.54, 1.807) is 0 Å². The first-order valence-corrected chi connectivity index (χ1v) is 38.9. The van der Waals surface area contributed by atoms with E-state index in [-0.39, 0.29) is 0 Å². The predicted molar refractivity (Wildman–Crippen MR) is 365 cm³/mol.